The number of sulfone groups is 1. The average Bonchev–Trinajstić information content (AvgIpc) is 2.76. The molecule has 0 atom stereocenters. The van der Waals surface area contributed by atoms with Gasteiger partial charge in [0.05, 0.1) is 22.9 Å². The molecule has 0 aliphatic carbocycles. The fourth-order valence-electron chi connectivity index (χ4n) is 2.92. The van der Waals surface area contributed by atoms with Crippen molar-refractivity contribution in [2.24, 2.45) is 0 Å². The number of nitrogens with zero attached hydrogens (tertiary/aromatic N) is 3. The molecule has 0 N–H and O–H groups in total. The highest BCUT2D eigenvalue weighted by Crippen LogP contribution is 2.34. The third kappa shape index (κ3) is 6.42. The van der Waals surface area contributed by atoms with Crippen LogP contribution in [0.3, 0.4) is 0 Å². The Bertz CT molecular complexity index is 1240. The maximum absolute atomic E-state index is 11.4. The number of ether oxygens (including phenoxy) is 2. The van der Waals surface area contributed by atoms with Crippen LogP contribution in [-0.2, 0) is 22.2 Å². The van der Waals surface area contributed by atoms with Crippen molar-refractivity contribution in [1.29, 1.82) is 5.26 Å². The van der Waals surface area contributed by atoms with Gasteiger partial charge in [0.1, 0.15) is 30.0 Å². The Balaban J connectivity index is 1.71. The first-order valence-electron chi connectivity index (χ1n) is 9.87. The highest BCUT2D eigenvalue weighted by atomic mass is 35.5. The first-order valence-corrected chi connectivity index (χ1v) is 12.3. The number of nitriles is 1. The summed E-state index contributed by atoms with van der Waals surface area (Å²) in [7, 11) is -3.21. The number of hydrogen-bond acceptors (Lipinski definition) is 7. The normalized spacial score (nSPS) is 11.1. The summed E-state index contributed by atoms with van der Waals surface area (Å²) < 4.78 is 34.2. The third-order valence-electron chi connectivity index (χ3n) is 4.34. The summed E-state index contributed by atoms with van der Waals surface area (Å²) in [5, 5.41) is 9.86. The molecule has 3 aromatic rings. The van der Waals surface area contributed by atoms with E-state index >= 15 is 0 Å². The molecule has 3 rings (SSSR count). The van der Waals surface area contributed by atoms with Crippen LogP contribution >= 0.6 is 11.6 Å². The highest BCUT2D eigenvalue weighted by molar-refractivity contribution is 7.89. The van der Waals surface area contributed by atoms with Crippen LogP contribution in [0.5, 0.6) is 11.5 Å². The first kappa shape index (κ1) is 23.5. The Kier molecular flexibility index (Phi) is 7.67. The fourth-order valence-corrected chi connectivity index (χ4v) is 3.80. The summed E-state index contributed by atoms with van der Waals surface area (Å²) in [6, 6.07) is 14.7. The number of halogens is 1. The molecule has 0 aliphatic heterocycles. The monoisotopic (exact) mass is 471 g/mol. The molecule has 0 unspecified atom stereocenters. The van der Waals surface area contributed by atoms with Crippen LogP contribution in [0.4, 0.5) is 0 Å². The molecule has 1 heterocycles. The maximum Gasteiger partial charge on any atom is 0.155 e. The molecule has 0 aliphatic rings. The second-order valence-corrected chi connectivity index (χ2v) is 9.69. The van der Waals surface area contributed by atoms with E-state index in [1.54, 1.807) is 30.3 Å². The molecular formula is C23H22ClN3O4S. The van der Waals surface area contributed by atoms with Gasteiger partial charge in [-0.3, -0.25) is 0 Å². The van der Waals surface area contributed by atoms with Crippen LogP contribution in [0.1, 0.15) is 30.4 Å². The van der Waals surface area contributed by atoms with E-state index in [-0.39, 0.29) is 18.2 Å². The molecule has 0 amide bonds. The Hall–Kier alpha value is -3.15. The molecule has 1 aromatic heterocycles. The van der Waals surface area contributed by atoms with Gasteiger partial charge in [0.2, 0.25) is 0 Å². The van der Waals surface area contributed by atoms with Crippen molar-refractivity contribution in [1.82, 2.24) is 9.97 Å². The van der Waals surface area contributed by atoms with E-state index in [2.05, 4.69) is 16.0 Å². The van der Waals surface area contributed by atoms with Crippen molar-refractivity contribution < 1.29 is 17.9 Å². The van der Waals surface area contributed by atoms with E-state index in [1.807, 2.05) is 19.1 Å². The van der Waals surface area contributed by atoms with E-state index < -0.39 is 9.84 Å². The Morgan fingerprint density at radius 3 is 2.50 bits per heavy atom. The van der Waals surface area contributed by atoms with Gasteiger partial charge in [-0.25, -0.2) is 18.4 Å². The average molecular weight is 472 g/mol. The molecule has 0 saturated heterocycles. The molecule has 0 fully saturated rings. The summed E-state index contributed by atoms with van der Waals surface area (Å²) in [6.07, 6.45) is 3.47. The van der Waals surface area contributed by atoms with E-state index in [9.17, 15) is 13.7 Å². The molecule has 0 spiro atoms. The van der Waals surface area contributed by atoms with Crippen molar-refractivity contribution in [3.63, 3.8) is 0 Å². The lowest BCUT2D eigenvalue weighted by Crippen LogP contribution is -2.07. The van der Waals surface area contributed by atoms with Gasteiger partial charge in [-0.1, -0.05) is 30.7 Å². The van der Waals surface area contributed by atoms with Crippen molar-refractivity contribution in [3.05, 3.63) is 70.8 Å². The lowest BCUT2D eigenvalue weighted by atomic mass is 10.0. The molecule has 2 aromatic carbocycles. The SMILES string of the molecule is CCCOc1c(Cl)cc(-c2ccc(OCc3ccnc(CS(C)(=O)=O)n3)cc2)cc1C#N. The summed E-state index contributed by atoms with van der Waals surface area (Å²) in [6.45, 7) is 2.64. The number of rotatable bonds is 9. The zero-order valence-electron chi connectivity index (χ0n) is 17.7. The zero-order valence-corrected chi connectivity index (χ0v) is 19.3. The second kappa shape index (κ2) is 10.4. The van der Waals surface area contributed by atoms with E-state index in [4.69, 9.17) is 21.1 Å². The van der Waals surface area contributed by atoms with E-state index in [0.29, 0.717) is 34.4 Å². The fraction of sp³-hybridized carbons (Fsp3) is 0.261. The van der Waals surface area contributed by atoms with Gasteiger partial charge in [-0.2, -0.15) is 5.26 Å². The van der Waals surface area contributed by atoms with E-state index in [1.165, 1.54) is 6.20 Å². The number of benzene rings is 2. The van der Waals surface area contributed by atoms with Crippen LogP contribution in [0.2, 0.25) is 5.02 Å². The minimum absolute atomic E-state index is 0.173. The van der Waals surface area contributed by atoms with Gasteiger partial charge >= 0.3 is 0 Å². The van der Waals surface area contributed by atoms with Crippen LogP contribution < -0.4 is 9.47 Å². The molecular weight excluding hydrogens is 450 g/mol. The topological polar surface area (TPSA) is 102 Å². The molecule has 32 heavy (non-hydrogen) atoms. The summed E-state index contributed by atoms with van der Waals surface area (Å²) in [4.78, 5) is 8.20. The summed E-state index contributed by atoms with van der Waals surface area (Å²) >= 11 is 6.35. The Morgan fingerprint density at radius 1 is 1.09 bits per heavy atom. The highest BCUT2D eigenvalue weighted by Gasteiger charge is 2.13. The van der Waals surface area contributed by atoms with Gasteiger partial charge in [0.15, 0.2) is 15.6 Å². The maximum atomic E-state index is 11.4. The minimum atomic E-state index is -3.21. The zero-order chi connectivity index (χ0) is 23.1. The van der Waals surface area contributed by atoms with Crippen LogP contribution in [-0.4, -0.2) is 31.2 Å². The van der Waals surface area contributed by atoms with Gasteiger partial charge < -0.3 is 9.47 Å². The van der Waals surface area contributed by atoms with Gasteiger partial charge in [-0.15, -0.1) is 0 Å². The molecule has 166 valence electrons. The second-order valence-electron chi connectivity index (χ2n) is 7.14. The first-order chi connectivity index (χ1) is 15.3. The lowest BCUT2D eigenvalue weighted by molar-refractivity contribution is 0.300. The molecule has 0 bridgehead atoms. The third-order valence-corrected chi connectivity index (χ3v) is 5.41. The minimum Gasteiger partial charge on any atom is -0.491 e. The molecule has 9 heteroatoms. The molecule has 7 nitrogen and oxygen atoms in total. The number of aromatic nitrogens is 2. The van der Waals surface area contributed by atoms with E-state index in [0.717, 1.165) is 23.8 Å². The lowest BCUT2D eigenvalue weighted by Gasteiger charge is -2.12. The van der Waals surface area contributed by atoms with Crippen molar-refractivity contribution >= 4 is 21.4 Å². The van der Waals surface area contributed by atoms with Gasteiger partial charge in [-0.05, 0) is 47.9 Å². The van der Waals surface area contributed by atoms with Crippen LogP contribution in [0.15, 0.2) is 48.7 Å². The smallest absolute Gasteiger partial charge is 0.155 e. The standard InChI is InChI=1S/C23H22ClN3O4S/c1-3-10-30-23-18(13-25)11-17(12-21(23)24)16-4-6-20(7-5-16)31-14-19-8-9-26-22(27-19)15-32(2,28)29/h4-9,11-12H,3,10,14-15H2,1-2H3. The molecule has 0 radical (unpaired) electrons. The van der Waals surface area contributed by atoms with Gasteiger partial charge in [0, 0.05) is 12.5 Å². The Morgan fingerprint density at radius 2 is 1.84 bits per heavy atom. The predicted octanol–water partition coefficient (Wildman–Crippen LogP) is 4.58. The largest absolute Gasteiger partial charge is 0.491 e. The quantitative estimate of drug-likeness (QED) is 0.450. The van der Waals surface area contributed by atoms with Crippen molar-refractivity contribution in [2.45, 2.75) is 25.7 Å². The summed E-state index contributed by atoms with van der Waals surface area (Å²) in [5.41, 5.74) is 2.63. The molecule has 0 saturated carbocycles. The van der Waals surface area contributed by atoms with Gasteiger partial charge in [0.25, 0.3) is 0 Å². The Labute approximate surface area is 192 Å². The van der Waals surface area contributed by atoms with Crippen molar-refractivity contribution in [2.75, 3.05) is 12.9 Å². The van der Waals surface area contributed by atoms with Crippen LogP contribution in [0.25, 0.3) is 11.1 Å². The van der Waals surface area contributed by atoms with Crippen LogP contribution in [0, 0.1) is 11.3 Å². The number of hydrogen-bond donors (Lipinski definition) is 0. The predicted molar refractivity (Wildman–Crippen MR) is 122 cm³/mol. The van der Waals surface area contributed by atoms with Crippen molar-refractivity contribution in [3.8, 4) is 28.7 Å². The summed E-state index contributed by atoms with van der Waals surface area (Å²) in [5.74, 6) is 1.04.